The summed E-state index contributed by atoms with van der Waals surface area (Å²) in [6, 6.07) is 7.91. The van der Waals surface area contributed by atoms with Gasteiger partial charge in [-0.15, -0.1) is 0 Å². The first-order chi connectivity index (χ1) is 8.91. The average Bonchev–Trinajstić information content (AvgIpc) is 3.23. The van der Waals surface area contributed by atoms with Gasteiger partial charge >= 0.3 is 0 Å². The van der Waals surface area contributed by atoms with Gasteiger partial charge in [-0.1, -0.05) is 6.07 Å². The standard InChI is InChI=1S/C13H17N3O2S/c1-13(9-15,11-5-6-11)16-19(17,18)12-4-2-3-10(7-12)8-14/h2-4,7,11,16H,5-6,9,15H2,1H3. The normalized spacial score (nSPS) is 18.6. The van der Waals surface area contributed by atoms with Crippen LogP contribution in [0.2, 0.25) is 0 Å². The summed E-state index contributed by atoms with van der Waals surface area (Å²) in [5.74, 6) is 0.298. The van der Waals surface area contributed by atoms with Crippen molar-refractivity contribution < 1.29 is 8.42 Å². The van der Waals surface area contributed by atoms with E-state index in [0.29, 0.717) is 11.5 Å². The Bertz CT molecular complexity index is 617. The minimum absolute atomic E-state index is 0.104. The van der Waals surface area contributed by atoms with Gasteiger partial charge in [0.1, 0.15) is 0 Å². The molecule has 0 heterocycles. The van der Waals surface area contributed by atoms with Crippen LogP contribution >= 0.6 is 0 Å². The van der Waals surface area contributed by atoms with Crippen LogP contribution in [0.25, 0.3) is 0 Å². The lowest BCUT2D eigenvalue weighted by atomic mass is 9.98. The van der Waals surface area contributed by atoms with E-state index in [1.807, 2.05) is 13.0 Å². The molecule has 102 valence electrons. The lowest BCUT2D eigenvalue weighted by Gasteiger charge is -2.29. The van der Waals surface area contributed by atoms with Crippen molar-refractivity contribution in [2.24, 2.45) is 11.7 Å². The van der Waals surface area contributed by atoms with E-state index in [4.69, 9.17) is 11.0 Å². The number of sulfonamides is 1. The molecule has 3 N–H and O–H groups in total. The van der Waals surface area contributed by atoms with Gasteiger partial charge in [0.25, 0.3) is 0 Å². The number of benzene rings is 1. The van der Waals surface area contributed by atoms with E-state index >= 15 is 0 Å². The van der Waals surface area contributed by atoms with Crippen LogP contribution in [0, 0.1) is 17.2 Å². The molecular formula is C13H17N3O2S. The molecule has 0 radical (unpaired) electrons. The number of nitrogens with two attached hydrogens (primary N) is 1. The first-order valence-corrected chi connectivity index (χ1v) is 7.64. The fourth-order valence-electron chi connectivity index (χ4n) is 2.11. The van der Waals surface area contributed by atoms with E-state index in [2.05, 4.69) is 4.72 Å². The van der Waals surface area contributed by atoms with Crippen molar-refractivity contribution in [3.63, 3.8) is 0 Å². The Balaban J connectivity index is 2.29. The molecule has 5 nitrogen and oxygen atoms in total. The van der Waals surface area contributed by atoms with Crippen molar-refractivity contribution in [3.8, 4) is 6.07 Å². The molecule has 6 heteroatoms. The van der Waals surface area contributed by atoms with Gasteiger partial charge in [0, 0.05) is 12.1 Å². The molecule has 1 aromatic carbocycles. The Labute approximate surface area is 113 Å². The van der Waals surface area contributed by atoms with Crippen molar-refractivity contribution in [1.29, 1.82) is 5.26 Å². The molecule has 2 rings (SSSR count). The lowest BCUT2D eigenvalue weighted by molar-refractivity contribution is 0.374. The molecule has 0 spiro atoms. The van der Waals surface area contributed by atoms with E-state index in [9.17, 15) is 8.42 Å². The quantitative estimate of drug-likeness (QED) is 0.839. The summed E-state index contributed by atoms with van der Waals surface area (Å²) in [7, 11) is -3.65. The van der Waals surface area contributed by atoms with E-state index in [1.54, 1.807) is 12.1 Å². The zero-order valence-electron chi connectivity index (χ0n) is 10.8. The van der Waals surface area contributed by atoms with Crippen molar-refractivity contribution in [3.05, 3.63) is 29.8 Å². The molecule has 0 aliphatic heterocycles. The highest BCUT2D eigenvalue weighted by Crippen LogP contribution is 2.39. The molecule has 1 aliphatic rings. The zero-order valence-corrected chi connectivity index (χ0v) is 11.6. The van der Waals surface area contributed by atoms with Crippen LogP contribution in [0.15, 0.2) is 29.2 Å². The van der Waals surface area contributed by atoms with Crippen LogP contribution in [0.3, 0.4) is 0 Å². The third-order valence-electron chi connectivity index (χ3n) is 3.54. The van der Waals surface area contributed by atoms with E-state index in [1.165, 1.54) is 12.1 Å². The number of rotatable bonds is 5. The molecule has 0 bridgehead atoms. The third kappa shape index (κ3) is 2.95. The summed E-state index contributed by atoms with van der Waals surface area (Å²) in [4.78, 5) is 0.104. The Kier molecular flexibility index (Phi) is 3.63. The van der Waals surface area contributed by atoms with Gasteiger partial charge in [0.2, 0.25) is 10.0 Å². The van der Waals surface area contributed by atoms with Crippen molar-refractivity contribution in [2.75, 3.05) is 6.54 Å². The Morgan fingerprint density at radius 3 is 2.74 bits per heavy atom. The second-order valence-corrected chi connectivity index (χ2v) is 6.82. The minimum atomic E-state index is -3.65. The van der Waals surface area contributed by atoms with Gasteiger partial charge in [-0.05, 0) is 43.9 Å². The van der Waals surface area contributed by atoms with Gasteiger partial charge in [0.05, 0.1) is 16.5 Å². The highest BCUT2D eigenvalue weighted by Gasteiger charge is 2.43. The first-order valence-electron chi connectivity index (χ1n) is 6.15. The Morgan fingerprint density at radius 2 is 2.21 bits per heavy atom. The zero-order chi connectivity index (χ0) is 14.1. The molecule has 1 aliphatic carbocycles. The predicted octanol–water partition coefficient (Wildman–Crippen LogP) is 0.964. The van der Waals surface area contributed by atoms with E-state index in [0.717, 1.165) is 12.8 Å². The molecular weight excluding hydrogens is 262 g/mol. The van der Waals surface area contributed by atoms with Crippen LogP contribution in [0.5, 0.6) is 0 Å². The maximum atomic E-state index is 12.3. The van der Waals surface area contributed by atoms with E-state index < -0.39 is 15.6 Å². The van der Waals surface area contributed by atoms with Crippen molar-refractivity contribution in [2.45, 2.75) is 30.2 Å². The monoisotopic (exact) mass is 279 g/mol. The second-order valence-electron chi connectivity index (χ2n) is 5.14. The number of nitriles is 1. The van der Waals surface area contributed by atoms with Crippen LogP contribution in [-0.4, -0.2) is 20.5 Å². The Hall–Kier alpha value is -1.42. The van der Waals surface area contributed by atoms with Crippen LogP contribution in [-0.2, 0) is 10.0 Å². The lowest BCUT2D eigenvalue weighted by Crippen LogP contribution is -2.52. The third-order valence-corrected chi connectivity index (χ3v) is 5.15. The summed E-state index contributed by atoms with van der Waals surface area (Å²) < 4.78 is 27.3. The van der Waals surface area contributed by atoms with Crippen LogP contribution < -0.4 is 10.5 Å². The number of hydrogen-bond acceptors (Lipinski definition) is 4. The summed E-state index contributed by atoms with van der Waals surface area (Å²) in [5.41, 5.74) is 5.42. The van der Waals surface area contributed by atoms with E-state index in [-0.39, 0.29) is 11.4 Å². The molecule has 1 unspecified atom stereocenters. The summed E-state index contributed by atoms with van der Waals surface area (Å²) in [5, 5.41) is 8.82. The molecule has 0 amide bonds. The summed E-state index contributed by atoms with van der Waals surface area (Å²) in [6.07, 6.45) is 1.99. The van der Waals surface area contributed by atoms with Crippen LogP contribution in [0.1, 0.15) is 25.3 Å². The topological polar surface area (TPSA) is 96.0 Å². The maximum absolute atomic E-state index is 12.3. The van der Waals surface area contributed by atoms with Crippen LogP contribution in [0.4, 0.5) is 0 Å². The van der Waals surface area contributed by atoms with Crippen molar-refractivity contribution in [1.82, 2.24) is 4.72 Å². The molecule has 0 aromatic heterocycles. The highest BCUT2D eigenvalue weighted by molar-refractivity contribution is 7.89. The van der Waals surface area contributed by atoms with Gasteiger partial charge in [-0.25, -0.2) is 13.1 Å². The molecule has 1 saturated carbocycles. The minimum Gasteiger partial charge on any atom is -0.329 e. The molecule has 0 saturated heterocycles. The van der Waals surface area contributed by atoms with Crippen molar-refractivity contribution >= 4 is 10.0 Å². The van der Waals surface area contributed by atoms with Gasteiger partial charge in [-0.2, -0.15) is 5.26 Å². The summed E-state index contributed by atoms with van der Waals surface area (Å²) in [6.45, 7) is 2.09. The van der Waals surface area contributed by atoms with Gasteiger partial charge < -0.3 is 5.73 Å². The van der Waals surface area contributed by atoms with Gasteiger partial charge in [0.15, 0.2) is 0 Å². The molecule has 1 fully saturated rings. The molecule has 1 aromatic rings. The Morgan fingerprint density at radius 1 is 1.53 bits per heavy atom. The number of nitrogens with zero attached hydrogens (tertiary/aromatic N) is 1. The second kappa shape index (κ2) is 4.93. The number of nitrogens with one attached hydrogen (secondary N) is 1. The maximum Gasteiger partial charge on any atom is 0.241 e. The summed E-state index contributed by atoms with van der Waals surface area (Å²) >= 11 is 0. The smallest absolute Gasteiger partial charge is 0.241 e. The fourth-order valence-corrected chi connectivity index (χ4v) is 3.63. The predicted molar refractivity (Wildman–Crippen MR) is 71.7 cm³/mol. The first kappa shape index (κ1) is 14.0. The van der Waals surface area contributed by atoms with Gasteiger partial charge in [-0.3, -0.25) is 0 Å². The SMILES string of the molecule is CC(CN)(NS(=O)(=O)c1cccc(C#N)c1)C1CC1. The largest absolute Gasteiger partial charge is 0.329 e. The highest BCUT2D eigenvalue weighted by atomic mass is 32.2. The molecule has 19 heavy (non-hydrogen) atoms. The average molecular weight is 279 g/mol. The number of hydrogen-bond donors (Lipinski definition) is 2. The fraction of sp³-hybridized carbons (Fsp3) is 0.462. The molecule has 1 atom stereocenters.